The first-order chi connectivity index (χ1) is 7.31. The number of ether oxygens (including phenoxy) is 1. The quantitative estimate of drug-likeness (QED) is 0.825. The lowest BCUT2D eigenvalue weighted by atomic mass is 10.1. The van der Waals surface area contributed by atoms with E-state index < -0.39 is 0 Å². The molecular weight excluding hydrogens is 190 g/mol. The van der Waals surface area contributed by atoms with Crippen LogP contribution < -0.4 is 5.56 Å². The third-order valence-electron chi connectivity index (χ3n) is 2.38. The summed E-state index contributed by atoms with van der Waals surface area (Å²) in [6, 6.07) is 9.57. The van der Waals surface area contributed by atoms with Crippen molar-refractivity contribution in [1.29, 1.82) is 0 Å². The SMILES string of the molecule is COCCc1cc2ccccc2c(=O)[nH]1. The third-order valence-corrected chi connectivity index (χ3v) is 2.38. The maximum atomic E-state index is 11.7. The second kappa shape index (κ2) is 4.28. The number of hydrogen-bond donors (Lipinski definition) is 1. The van der Waals surface area contributed by atoms with Crippen molar-refractivity contribution >= 4 is 10.8 Å². The summed E-state index contributed by atoms with van der Waals surface area (Å²) in [6.07, 6.45) is 0.733. The molecule has 0 spiro atoms. The molecule has 1 aromatic carbocycles. The van der Waals surface area contributed by atoms with E-state index in [1.807, 2.05) is 30.3 Å². The Labute approximate surface area is 87.7 Å². The summed E-state index contributed by atoms with van der Waals surface area (Å²) in [5.74, 6) is 0. The Bertz CT molecular complexity index is 516. The third kappa shape index (κ3) is 2.07. The molecule has 1 aromatic heterocycles. The highest BCUT2D eigenvalue weighted by molar-refractivity contribution is 5.81. The highest BCUT2D eigenvalue weighted by Crippen LogP contribution is 2.09. The lowest BCUT2D eigenvalue weighted by Gasteiger charge is -2.02. The lowest BCUT2D eigenvalue weighted by molar-refractivity contribution is 0.201. The van der Waals surface area contributed by atoms with Crippen LogP contribution in [0.4, 0.5) is 0 Å². The Balaban J connectivity index is 2.48. The van der Waals surface area contributed by atoms with E-state index in [0.717, 1.165) is 22.9 Å². The number of nitrogens with one attached hydrogen (secondary N) is 1. The van der Waals surface area contributed by atoms with Gasteiger partial charge >= 0.3 is 0 Å². The highest BCUT2D eigenvalue weighted by Gasteiger charge is 2.00. The summed E-state index contributed by atoms with van der Waals surface area (Å²) in [5, 5.41) is 1.71. The van der Waals surface area contributed by atoms with Gasteiger partial charge in [0.1, 0.15) is 0 Å². The van der Waals surface area contributed by atoms with Crippen LogP contribution in [0.3, 0.4) is 0 Å². The molecule has 0 amide bonds. The zero-order valence-electron chi connectivity index (χ0n) is 8.62. The van der Waals surface area contributed by atoms with Crippen molar-refractivity contribution in [3.63, 3.8) is 0 Å². The first-order valence-electron chi connectivity index (χ1n) is 4.91. The molecule has 2 aromatic rings. The number of pyridine rings is 1. The lowest BCUT2D eigenvalue weighted by Crippen LogP contribution is -2.10. The van der Waals surface area contributed by atoms with Gasteiger partial charge in [0, 0.05) is 24.6 Å². The molecule has 0 fully saturated rings. The molecule has 0 atom stereocenters. The molecule has 78 valence electrons. The largest absolute Gasteiger partial charge is 0.384 e. The van der Waals surface area contributed by atoms with E-state index in [1.165, 1.54) is 0 Å². The van der Waals surface area contributed by atoms with Crippen molar-refractivity contribution in [3.05, 3.63) is 46.4 Å². The molecule has 3 nitrogen and oxygen atoms in total. The van der Waals surface area contributed by atoms with Gasteiger partial charge in [-0.15, -0.1) is 0 Å². The highest BCUT2D eigenvalue weighted by atomic mass is 16.5. The number of methoxy groups -OCH3 is 1. The number of aromatic amines is 1. The minimum Gasteiger partial charge on any atom is -0.384 e. The van der Waals surface area contributed by atoms with Crippen LogP contribution in [0.2, 0.25) is 0 Å². The maximum Gasteiger partial charge on any atom is 0.256 e. The summed E-state index contributed by atoms with van der Waals surface area (Å²) in [5.41, 5.74) is 0.889. The van der Waals surface area contributed by atoms with Crippen LogP contribution in [-0.4, -0.2) is 18.7 Å². The van der Waals surface area contributed by atoms with Crippen LogP contribution in [0.15, 0.2) is 35.1 Å². The molecule has 3 heteroatoms. The van der Waals surface area contributed by atoms with Gasteiger partial charge in [0.15, 0.2) is 0 Å². The number of benzene rings is 1. The van der Waals surface area contributed by atoms with E-state index in [9.17, 15) is 4.79 Å². The monoisotopic (exact) mass is 203 g/mol. The normalized spacial score (nSPS) is 10.7. The van der Waals surface area contributed by atoms with Gasteiger partial charge in [-0.05, 0) is 17.5 Å². The van der Waals surface area contributed by atoms with Crippen LogP contribution in [0.5, 0.6) is 0 Å². The van der Waals surface area contributed by atoms with Gasteiger partial charge < -0.3 is 9.72 Å². The van der Waals surface area contributed by atoms with E-state index in [1.54, 1.807) is 7.11 Å². The standard InChI is InChI=1S/C12H13NO2/c1-15-7-6-10-8-9-4-2-3-5-11(9)12(14)13-10/h2-5,8H,6-7H2,1H3,(H,13,14). The number of fused-ring (bicyclic) bond motifs is 1. The molecule has 1 N–H and O–H groups in total. The van der Waals surface area contributed by atoms with Gasteiger partial charge in [-0.2, -0.15) is 0 Å². The Hall–Kier alpha value is -1.61. The van der Waals surface area contributed by atoms with E-state index in [-0.39, 0.29) is 5.56 Å². The zero-order valence-corrected chi connectivity index (χ0v) is 8.62. The van der Waals surface area contributed by atoms with Crippen molar-refractivity contribution in [1.82, 2.24) is 4.98 Å². The van der Waals surface area contributed by atoms with Gasteiger partial charge in [-0.1, -0.05) is 18.2 Å². The average molecular weight is 203 g/mol. The topological polar surface area (TPSA) is 42.1 Å². The summed E-state index contributed by atoms with van der Waals surface area (Å²) in [6.45, 7) is 0.619. The average Bonchev–Trinajstić information content (AvgIpc) is 2.26. The second-order valence-corrected chi connectivity index (χ2v) is 3.45. The van der Waals surface area contributed by atoms with Crippen molar-refractivity contribution in [2.24, 2.45) is 0 Å². The molecule has 0 aliphatic carbocycles. The minimum atomic E-state index is -0.0285. The fraction of sp³-hybridized carbons (Fsp3) is 0.250. The molecule has 0 aliphatic rings. The Morgan fingerprint density at radius 1 is 1.33 bits per heavy atom. The molecule has 0 radical (unpaired) electrons. The van der Waals surface area contributed by atoms with Gasteiger partial charge in [-0.25, -0.2) is 0 Å². The molecule has 0 saturated carbocycles. The predicted octanol–water partition coefficient (Wildman–Crippen LogP) is 1.72. The zero-order chi connectivity index (χ0) is 10.7. The molecule has 0 bridgehead atoms. The summed E-state index contributed by atoms with van der Waals surface area (Å²) in [7, 11) is 1.65. The van der Waals surface area contributed by atoms with Crippen molar-refractivity contribution in [3.8, 4) is 0 Å². The van der Waals surface area contributed by atoms with E-state index in [4.69, 9.17) is 4.74 Å². The van der Waals surface area contributed by atoms with E-state index in [0.29, 0.717) is 6.61 Å². The van der Waals surface area contributed by atoms with Gasteiger partial charge in [-0.3, -0.25) is 4.79 Å². The smallest absolute Gasteiger partial charge is 0.256 e. The van der Waals surface area contributed by atoms with E-state index in [2.05, 4.69) is 4.98 Å². The fourth-order valence-electron chi connectivity index (χ4n) is 1.61. The molecule has 1 heterocycles. The summed E-state index contributed by atoms with van der Waals surface area (Å²) in [4.78, 5) is 14.5. The minimum absolute atomic E-state index is 0.0285. The van der Waals surface area contributed by atoms with Gasteiger partial charge in [0.25, 0.3) is 5.56 Å². The predicted molar refractivity (Wildman–Crippen MR) is 60.1 cm³/mol. The first kappa shape index (κ1) is 9.93. The second-order valence-electron chi connectivity index (χ2n) is 3.45. The van der Waals surface area contributed by atoms with Crippen molar-refractivity contribution < 1.29 is 4.74 Å². The van der Waals surface area contributed by atoms with Gasteiger partial charge in [0.05, 0.1) is 6.61 Å². The summed E-state index contributed by atoms with van der Waals surface area (Å²) < 4.78 is 4.98. The molecule has 2 rings (SSSR count). The molecule has 0 unspecified atom stereocenters. The molecule has 0 saturated heterocycles. The first-order valence-corrected chi connectivity index (χ1v) is 4.91. The maximum absolute atomic E-state index is 11.7. The van der Waals surface area contributed by atoms with Crippen LogP contribution in [0, 0.1) is 0 Å². The Kier molecular flexibility index (Phi) is 2.83. The van der Waals surface area contributed by atoms with Gasteiger partial charge in [0.2, 0.25) is 0 Å². The summed E-state index contributed by atoms with van der Waals surface area (Å²) >= 11 is 0. The Morgan fingerprint density at radius 3 is 2.93 bits per heavy atom. The molecular formula is C12H13NO2. The number of hydrogen-bond acceptors (Lipinski definition) is 2. The van der Waals surface area contributed by atoms with Crippen LogP contribution in [-0.2, 0) is 11.2 Å². The number of rotatable bonds is 3. The van der Waals surface area contributed by atoms with Crippen LogP contribution >= 0.6 is 0 Å². The van der Waals surface area contributed by atoms with Crippen molar-refractivity contribution in [2.45, 2.75) is 6.42 Å². The fourth-order valence-corrected chi connectivity index (χ4v) is 1.61. The van der Waals surface area contributed by atoms with E-state index >= 15 is 0 Å². The number of aromatic nitrogens is 1. The number of H-pyrrole nitrogens is 1. The van der Waals surface area contributed by atoms with Crippen LogP contribution in [0.1, 0.15) is 5.69 Å². The van der Waals surface area contributed by atoms with Crippen molar-refractivity contribution in [2.75, 3.05) is 13.7 Å². The van der Waals surface area contributed by atoms with Crippen LogP contribution in [0.25, 0.3) is 10.8 Å². The Morgan fingerprint density at radius 2 is 2.13 bits per heavy atom. The molecule has 0 aliphatic heterocycles. The molecule has 15 heavy (non-hydrogen) atoms.